The van der Waals surface area contributed by atoms with Crippen LogP contribution in [0.1, 0.15) is 15.9 Å². The fourth-order valence-electron chi connectivity index (χ4n) is 3.43. The van der Waals surface area contributed by atoms with Crippen molar-refractivity contribution in [3.05, 3.63) is 77.9 Å². The molecule has 10 heteroatoms. The van der Waals surface area contributed by atoms with Gasteiger partial charge in [0.25, 0.3) is 5.91 Å². The molecule has 0 aliphatic carbocycles. The Balaban J connectivity index is 1.83. The maximum Gasteiger partial charge on any atom is 0.261 e. The number of carbonyl (C=O) groups excluding carboxylic acids is 1. The van der Waals surface area contributed by atoms with E-state index < -0.39 is 21.6 Å². The van der Waals surface area contributed by atoms with Crippen LogP contribution in [0.15, 0.2) is 65.8 Å². The Morgan fingerprint density at radius 1 is 1.19 bits per heavy atom. The van der Waals surface area contributed by atoms with E-state index in [1.54, 1.807) is 49.6 Å². The number of aromatic nitrogens is 3. The molecule has 4 aromatic rings. The molecule has 164 valence electrons. The van der Waals surface area contributed by atoms with E-state index in [2.05, 4.69) is 10.1 Å². The zero-order valence-electron chi connectivity index (χ0n) is 17.4. The van der Waals surface area contributed by atoms with Gasteiger partial charge in [0, 0.05) is 24.9 Å². The topological polar surface area (TPSA) is 111 Å². The highest BCUT2D eigenvalue weighted by Crippen LogP contribution is 2.29. The van der Waals surface area contributed by atoms with Crippen molar-refractivity contribution in [1.29, 1.82) is 0 Å². The van der Waals surface area contributed by atoms with Crippen molar-refractivity contribution in [1.82, 2.24) is 14.8 Å². The normalized spacial score (nSPS) is 11.6. The Morgan fingerprint density at radius 3 is 2.62 bits per heavy atom. The van der Waals surface area contributed by atoms with Gasteiger partial charge in [-0.25, -0.2) is 17.8 Å². The molecular formula is C22H20FN5O3S. The zero-order chi connectivity index (χ0) is 23.0. The summed E-state index contributed by atoms with van der Waals surface area (Å²) in [6, 6.07) is 12.7. The molecule has 0 atom stereocenters. The largest absolute Gasteiger partial charge is 0.381 e. The number of para-hydroxylation sites is 1. The number of nitrogen functional groups attached to an aromatic ring is 1. The van der Waals surface area contributed by atoms with Gasteiger partial charge in [0.05, 0.1) is 34.4 Å². The number of aryl methyl sites for hydroxylation is 1. The lowest BCUT2D eigenvalue weighted by molar-refractivity contribution is 0.0984. The summed E-state index contributed by atoms with van der Waals surface area (Å²) in [6.07, 6.45) is 4.07. The number of rotatable bonds is 5. The van der Waals surface area contributed by atoms with Crippen LogP contribution in [0, 0.1) is 5.82 Å². The maximum atomic E-state index is 13.7. The van der Waals surface area contributed by atoms with Crippen molar-refractivity contribution >= 4 is 38.2 Å². The van der Waals surface area contributed by atoms with Crippen LogP contribution in [0.2, 0.25) is 0 Å². The molecule has 1 amide bonds. The Kier molecular flexibility index (Phi) is 5.39. The molecule has 0 radical (unpaired) electrons. The Labute approximate surface area is 184 Å². The molecule has 0 saturated heterocycles. The van der Waals surface area contributed by atoms with Crippen LogP contribution in [-0.2, 0) is 23.4 Å². The number of sulfone groups is 1. The first-order valence-corrected chi connectivity index (χ1v) is 11.5. The number of anilines is 2. The van der Waals surface area contributed by atoms with E-state index in [0.717, 1.165) is 6.26 Å². The number of nitrogens with two attached hydrogens (primary N) is 1. The number of carbonyl (C=O) groups is 1. The van der Waals surface area contributed by atoms with Crippen LogP contribution >= 0.6 is 0 Å². The lowest BCUT2D eigenvalue weighted by atomic mass is 10.1. The van der Waals surface area contributed by atoms with Gasteiger partial charge >= 0.3 is 0 Å². The molecule has 0 bridgehead atoms. The number of hydrogen-bond donors (Lipinski definition) is 1. The zero-order valence-corrected chi connectivity index (χ0v) is 18.2. The van der Waals surface area contributed by atoms with Gasteiger partial charge in [-0.15, -0.1) is 0 Å². The van der Waals surface area contributed by atoms with Gasteiger partial charge in [0.15, 0.2) is 21.5 Å². The van der Waals surface area contributed by atoms with E-state index in [1.807, 2.05) is 0 Å². The lowest BCUT2D eigenvalue weighted by Crippen LogP contribution is -2.31. The molecule has 0 fully saturated rings. The van der Waals surface area contributed by atoms with E-state index in [9.17, 15) is 17.6 Å². The quantitative estimate of drug-likeness (QED) is 0.497. The predicted molar refractivity (Wildman–Crippen MR) is 119 cm³/mol. The van der Waals surface area contributed by atoms with E-state index in [-0.39, 0.29) is 22.9 Å². The standard InChI is InChI=1S/C22H20FN5O3S/c1-27-13-16(11-25-27)22(29)28(19-5-3-4-6-20(19)32(2,30)31)12-14-7-8-15-10-17(23)21(24)26-18(15)9-14/h3-11,13H,12H2,1-2H3,(H2,24,26). The molecule has 0 spiro atoms. The van der Waals surface area contributed by atoms with Gasteiger partial charge in [0.1, 0.15) is 0 Å². The van der Waals surface area contributed by atoms with Crippen molar-refractivity contribution in [2.45, 2.75) is 11.4 Å². The number of amides is 1. The number of pyridine rings is 1. The van der Waals surface area contributed by atoms with Crippen LogP contribution in [-0.4, -0.2) is 35.3 Å². The summed E-state index contributed by atoms with van der Waals surface area (Å²) in [5, 5.41) is 4.60. The van der Waals surface area contributed by atoms with E-state index in [1.165, 1.54) is 27.9 Å². The van der Waals surface area contributed by atoms with Crippen molar-refractivity contribution in [2.24, 2.45) is 7.05 Å². The van der Waals surface area contributed by atoms with E-state index >= 15 is 0 Å². The molecule has 2 N–H and O–H groups in total. The molecule has 4 rings (SSSR count). The highest BCUT2D eigenvalue weighted by molar-refractivity contribution is 7.90. The van der Waals surface area contributed by atoms with Crippen molar-refractivity contribution < 1.29 is 17.6 Å². The van der Waals surface area contributed by atoms with Crippen LogP contribution in [0.25, 0.3) is 10.9 Å². The second-order valence-corrected chi connectivity index (χ2v) is 9.40. The second-order valence-electron chi connectivity index (χ2n) is 7.42. The van der Waals surface area contributed by atoms with Gasteiger partial charge in [-0.2, -0.15) is 5.10 Å². The summed E-state index contributed by atoms with van der Waals surface area (Å²) < 4.78 is 40.0. The van der Waals surface area contributed by atoms with Gasteiger partial charge in [0.2, 0.25) is 0 Å². The van der Waals surface area contributed by atoms with Crippen LogP contribution in [0.3, 0.4) is 0 Å². The molecule has 0 unspecified atom stereocenters. The summed E-state index contributed by atoms with van der Waals surface area (Å²) in [7, 11) is -1.93. The maximum absolute atomic E-state index is 13.7. The summed E-state index contributed by atoms with van der Waals surface area (Å²) in [5.74, 6) is -1.25. The van der Waals surface area contributed by atoms with Gasteiger partial charge in [-0.3, -0.25) is 9.48 Å². The number of halogens is 1. The third kappa shape index (κ3) is 4.17. The molecule has 2 heterocycles. The number of benzene rings is 2. The summed E-state index contributed by atoms with van der Waals surface area (Å²) in [5.41, 5.74) is 7.28. The molecule has 0 aliphatic rings. The minimum atomic E-state index is -3.61. The fourth-order valence-corrected chi connectivity index (χ4v) is 4.31. The van der Waals surface area contributed by atoms with Crippen molar-refractivity contribution in [3.63, 3.8) is 0 Å². The average molecular weight is 453 g/mol. The van der Waals surface area contributed by atoms with Crippen molar-refractivity contribution in [3.8, 4) is 0 Å². The number of nitrogens with zero attached hydrogens (tertiary/aromatic N) is 4. The van der Waals surface area contributed by atoms with Crippen molar-refractivity contribution in [2.75, 3.05) is 16.9 Å². The molecule has 8 nitrogen and oxygen atoms in total. The van der Waals surface area contributed by atoms with Crippen LogP contribution in [0.4, 0.5) is 15.9 Å². The third-order valence-corrected chi connectivity index (χ3v) is 6.10. The highest BCUT2D eigenvalue weighted by atomic mass is 32.2. The Morgan fingerprint density at radius 2 is 1.94 bits per heavy atom. The molecule has 32 heavy (non-hydrogen) atoms. The minimum Gasteiger partial charge on any atom is -0.381 e. The highest BCUT2D eigenvalue weighted by Gasteiger charge is 2.25. The van der Waals surface area contributed by atoms with Gasteiger partial charge in [-0.05, 0) is 29.8 Å². The smallest absolute Gasteiger partial charge is 0.261 e. The molecule has 0 saturated carbocycles. The SMILES string of the molecule is Cn1cc(C(=O)N(Cc2ccc3cc(F)c(N)nc3c2)c2ccccc2S(C)(=O)=O)cn1. The summed E-state index contributed by atoms with van der Waals surface area (Å²) >= 11 is 0. The third-order valence-electron chi connectivity index (χ3n) is 4.96. The van der Waals surface area contributed by atoms with Crippen LogP contribution in [0.5, 0.6) is 0 Å². The average Bonchev–Trinajstić information content (AvgIpc) is 3.18. The molecule has 2 aromatic heterocycles. The molecule has 2 aromatic carbocycles. The summed E-state index contributed by atoms with van der Waals surface area (Å²) in [6.45, 7) is 0.0508. The van der Waals surface area contributed by atoms with Crippen LogP contribution < -0.4 is 10.6 Å². The lowest BCUT2D eigenvalue weighted by Gasteiger charge is -2.24. The predicted octanol–water partition coefficient (Wildman–Crippen LogP) is 2.94. The first kappa shape index (κ1) is 21.4. The molecular weight excluding hydrogens is 433 g/mol. The number of fused-ring (bicyclic) bond motifs is 1. The van der Waals surface area contributed by atoms with Gasteiger partial charge in [-0.1, -0.05) is 24.3 Å². The Hall–Kier alpha value is -3.79. The summed E-state index contributed by atoms with van der Waals surface area (Å²) in [4.78, 5) is 18.9. The first-order valence-electron chi connectivity index (χ1n) is 9.58. The number of hydrogen-bond acceptors (Lipinski definition) is 6. The van der Waals surface area contributed by atoms with E-state index in [0.29, 0.717) is 22.0 Å². The Bertz CT molecular complexity index is 1450. The van der Waals surface area contributed by atoms with Gasteiger partial charge < -0.3 is 10.6 Å². The minimum absolute atomic E-state index is 0.0301. The first-order chi connectivity index (χ1) is 15.1. The fraction of sp³-hybridized carbons (Fsp3) is 0.136. The second kappa shape index (κ2) is 8.04. The van der Waals surface area contributed by atoms with E-state index in [4.69, 9.17) is 5.73 Å². The molecule has 0 aliphatic heterocycles. The monoisotopic (exact) mass is 453 g/mol.